The maximum atomic E-state index is 13.6. The first-order chi connectivity index (χ1) is 13.4. The lowest BCUT2D eigenvalue weighted by molar-refractivity contribution is 0.0642. The van der Waals surface area contributed by atoms with Gasteiger partial charge in [0.2, 0.25) is 10.0 Å². The minimum atomic E-state index is -3.83. The number of nitrogens with zero attached hydrogens (tertiary/aromatic N) is 2. The normalized spacial score (nSPS) is 18.5. The summed E-state index contributed by atoms with van der Waals surface area (Å²) in [6.07, 6.45) is 1.40. The SMILES string of the molecule is C[C@H]1CN(C(=O)c2ccccc2)CCN1S(=O)(=O)c1c[nH]c2ccc(F)cc12. The number of carbonyl (C=O) groups is 1. The number of halogens is 1. The van der Waals surface area contributed by atoms with Gasteiger partial charge in [0.05, 0.1) is 0 Å². The number of hydrogen-bond acceptors (Lipinski definition) is 3. The van der Waals surface area contributed by atoms with Crippen LogP contribution < -0.4 is 0 Å². The van der Waals surface area contributed by atoms with E-state index in [1.165, 1.54) is 28.7 Å². The molecule has 1 amide bonds. The van der Waals surface area contributed by atoms with Crippen LogP contribution in [0, 0.1) is 5.82 Å². The minimum Gasteiger partial charge on any atom is -0.360 e. The molecule has 0 bridgehead atoms. The van der Waals surface area contributed by atoms with E-state index in [4.69, 9.17) is 0 Å². The van der Waals surface area contributed by atoms with Crippen LogP contribution in [0.1, 0.15) is 17.3 Å². The fraction of sp³-hybridized carbons (Fsp3) is 0.250. The van der Waals surface area contributed by atoms with Crippen LogP contribution in [0.4, 0.5) is 4.39 Å². The van der Waals surface area contributed by atoms with E-state index in [-0.39, 0.29) is 17.3 Å². The molecule has 0 unspecified atom stereocenters. The Morgan fingerprint density at radius 3 is 2.61 bits per heavy atom. The second-order valence-corrected chi connectivity index (χ2v) is 8.78. The largest absolute Gasteiger partial charge is 0.360 e. The fourth-order valence-corrected chi connectivity index (χ4v) is 5.42. The van der Waals surface area contributed by atoms with Crippen LogP contribution >= 0.6 is 0 Å². The summed E-state index contributed by atoms with van der Waals surface area (Å²) in [6, 6.07) is 12.6. The molecule has 1 N–H and O–H groups in total. The molecule has 8 heteroatoms. The van der Waals surface area contributed by atoms with Crippen molar-refractivity contribution in [1.82, 2.24) is 14.2 Å². The molecule has 0 radical (unpaired) electrons. The van der Waals surface area contributed by atoms with Crippen LogP contribution in [0.25, 0.3) is 10.9 Å². The van der Waals surface area contributed by atoms with Crippen molar-refractivity contribution in [3.63, 3.8) is 0 Å². The van der Waals surface area contributed by atoms with E-state index in [1.807, 2.05) is 6.07 Å². The van der Waals surface area contributed by atoms with Gasteiger partial charge in [-0.2, -0.15) is 4.31 Å². The number of benzene rings is 2. The lowest BCUT2D eigenvalue weighted by Gasteiger charge is -2.38. The molecule has 1 aliphatic heterocycles. The highest BCUT2D eigenvalue weighted by atomic mass is 32.2. The number of sulfonamides is 1. The van der Waals surface area contributed by atoms with Crippen LogP contribution in [-0.4, -0.2) is 54.2 Å². The Morgan fingerprint density at radius 1 is 1.14 bits per heavy atom. The molecule has 2 aromatic carbocycles. The summed E-state index contributed by atoms with van der Waals surface area (Å²) in [4.78, 5) is 17.3. The Labute approximate surface area is 162 Å². The Bertz CT molecular complexity index is 1130. The van der Waals surface area contributed by atoms with Gasteiger partial charge in [0.15, 0.2) is 0 Å². The van der Waals surface area contributed by atoms with E-state index in [1.54, 1.807) is 36.1 Å². The first-order valence-corrected chi connectivity index (χ1v) is 10.4. The van der Waals surface area contributed by atoms with Gasteiger partial charge in [-0.15, -0.1) is 0 Å². The molecule has 0 aliphatic carbocycles. The van der Waals surface area contributed by atoms with Crippen LogP contribution in [0.3, 0.4) is 0 Å². The summed E-state index contributed by atoms with van der Waals surface area (Å²) < 4.78 is 41.4. The van der Waals surface area contributed by atoms with E-state index < -0.39 is 21.9 Å². The molecule has 1 aliphatic rings. The van der Waals surface area contributed by atoms with E-state index in [0.29, 0.717) is 29.6 Å². The molecule has 1 saturated heterocycles. The molecule has 1 aromatic heterocycles. The van der Waals surface area contributed by atoms with Crippen molar-refractivity contribution < 1.29 is 17.6 Å². The maximum absolute atomic E-state index is 13.6. The van der Waals surface area contributed by atoms with Crippen molar-refractivity contribution in [2.24, 2.45) is 0 Å². The molecule has 28 heavy (non-hydrogen) atoms. The number of rotatable bonds is 3. The fourth-order valence-electron chi connectivity index (χ4n) is 3.65. The van der Waals surface area contributed by atoms with Crippen molar-refractivity contribution in [1.29, 1.82) is 0 Å². The third-order valence-corrected chi connectivity index (χ3v) is 7.12. The average Bonchev–Trinajstić information content (AvgIpc) is 3.11. The molecule has 0 saturated carbocycles. The topological polar surface area (TPSA) is 73.5 Å². The Balaban J connectivity index is 1.58. The lowest BCUT2D eigenvalue weighted by Crippen LogP contribution is -2.55. The number of hydrogen-bond donors (Lipinski definition) is 1. The zero-order valence-corrected chi connectivity index (χ0v) is 16.1. The zero-order chi connectivity index (χ0) is 19.9. The number of fused-ring (bicyclic) bond motifs is 1. The Morgan fingerprint density at radius 2 is 1.89 bits per heavy atom. The van der Waals surface area contributed by atoms with Crippen LogP contribution in [0.2, 0.25) is 0 Å². The highest BCUT2D eigenvalue weighted by Gasteiger charge is 2.36. The number of H-pyrrole nitrogens is 1. The summed E-state index contributed by atoms with van der Waals surface area (Å²) in [6.45, 7) is 2.55. The number of aromatic nitrogens is 1. The van der Waals surface area contributed by atoms with Gasteiger partial charge < -0.3 is 9.88 Å². The van der Waals surface area contributed by atoms with Crippen LogP contribution in [0.15, 0.2) is 59.6 Å². The quantitative estimate of drug-likeness (QED) is 0.733. The van der Waals surface area contributed by atoms with Crippen molar-refractivity contribution >= 4 is 26.8 Å². The first kappa shape index (κ1) is 18.6. The van der Waals surface area contributed by atoms with Gasteiger partial charge in [-0.05, 0) is 37.3 Å². The van der Waals surface area contributed by atoms with E-state index >= 15 is 0 Å². The predicted molar refractivity (Wildman–Crippen MR) is 104 cm³/mol. The average molecular weight is 401 g/mol. The lowest BCUT2D eigenvalue weighted by atomic mass is 10.1. The van der Waals surface area contributed by atoms with Crippen LogP contribution in [0.5, 0.6) is 0 Å². The van der Waals surface area contributed by atoms with E-state index in [9.17, 15) is 17.6 Å². The third kappa shape index (κ3) is 3.18. The molecular weight excluding hydrogens is 381 g/mol. The maximum Gasteiger partial charge on any atom is 0.253 e. The van der Waals surface area contributed by atoms with Crippen LogP contribution in [-0.2, 0) is 10.0 Å². The number of aromatic amines is 1. The number of carbonyl (C=O) groups excluding carboxylic acids is 1. The zero-order valence-electron chi connectivity index (χ0n) is 15.3. The Hall–Kier alpha value is -2.71. The number of nitrogens with one attached hydrogen (secondary N) is 1. The van der Waals surface area contributed by atoms with Gasteiger partial charge in [-0.25, -0.2) is 12.8 Å². The molecular formula is C20H20FN3O3S. The first-order valence-electron chi connectivity index (χ1n) is 9.01. The molecule has 0 spiro atoms. The smallest absolute Gasteiger partial charge is 0.253 e. The van der Waals surface area contributed by atoms with E-state index in [2.05, 4.69) is 4.98 Å². The third-order valence-electron chi connectivity index (χ3n) is 5.07. The Kier molecular flexibility index (Phi) is 4.68. The molecule has 1 fully saturated rings. The number of amides is 1. The molecule has 2 heterocycles. The molecule has 4 rings (SSSR count). The van der Waals surface area contributed by atoms with Gasteiger partial charge >= 0.3 is 0 Å². The highest BCUT2D eigenvalue weighted by Crippen LogP contribution is 2.29. The molecule has 6 nitrogen and oxygen atoms in total. The second kappa shape index (κ2) is 7.03. The summed E-state index contributed by atoms with van der Waals surface area (Å²) in [5.74, 6) is -0.603. The van der Waals surface area contributed by atoms with Gasteiger partial charge in [-0.1, -0.05) is 18.2 Å². The van der Waals surface area contributed by atoms with Gasteiger partial charge in [-0.3, -0.25) is 4.79 Å². The van der Waals surface area contributed by atoms with Crippen molar-refractivity contribution in [2.45, 2.75) is 17.9 Å². The monoisotopic (exact) mass is 401 g/mol. The van der Waals surface area contributed by atoms with Gasteiger partial charge in [0, 0.05) is 48.3 Å². The molecule has 3 aromatic rings. The summed E-state index contributed by atoms with van der Waals surface area (Å²) in [5.41, 5.74) is 1.14. The summed E-state index contributed by atoms with van der Waals surface area (Å²) in [5, 5.41) is 0.329. The van der Waals surface area contributed by atoms with Gasteiger partial charge in [0.25, 0.3) is 5.91 Å². The number of piperazine rings is 1. The predicted octanol–water partition coefficient (Wildman–Crippen LogP) is 2.84. The van der Waals surface area contributed by atoms with Crippen molar-refractivity contribution in [2.75, 3.05) is 19.6 Å². The minimum absolute atomic E-state index is 0.0525. The molecule has 1 atom stereocenters. The standard InChI is InChI=1S/C20H20FN3O3S/c1-14-13-23(20(25)15-5-3-2-4-6-15)9-10-24(14)28(26,27)19-12-22-18-8-7-16(21)11-17(18)19/h2-8,11-12,14,22H,9-10,13H2,1H3/t14-/m0/s1. The van der Waals surface area contributed by atoms with Crippen molar-refractivity contribution in [3.8, 4) is 0 Å². The van der Waals surface area contributed by atoms with E-state index in [0.717, 1.165) is 0 Å². The van der Waals surface area contributed by atoms with Gasteiger partial charge in [0.1, 0.15) is 10.7 Å². The highest BCUT2D eigenvalue weighted by molar-refractivity contribution is 7.89. The van der Waals surface area contributed by atoms with Crippen molar-refractivity contribution in [3.05, 3.63) is 66.1 Å². The summed E-state index contributed by atoms with van der Waals surface area (Å²) in [7, 11) is -3.83. The molecule has 146 valence electrons. The summed E-state index contributed by atoms with van der Waals surface area (Å²) >= 11 is 0. The second-order valence-electron chi connectivity index (χ2n) is 6.92.